The molecular weight excluding hydrogens is 182 g/mol. The molecule has 1 atom stereocenters. The van der Waals surface area contributed by atoms with Crippen molar-refractivity contribution in [2.45, 2.75) is 11.8 Å². The molecule has 1 aromatic rings. The van der Waals surface area contributed by atoms with Crippen molar-refractivity contribution in [1.82, 2.24) is 0 Å². The third-order valence-corrected chi connectivity index (χ3v) is 2.97. The van der Waals surface area contributed by atoms with E-state index in [2.05, 4.69) is 17.9 Å². The number of aliphatic hydroxyl groups is 1. The summed E-state index contributed by atoms with van der Waals surface area (Å²) in [6.45, 7) is 0.182. The van der Waals surface area contributed by atoms with Gasteiger partial charge in [0.2, 0.25) is 0 Å². The molecule has 0 aliphatic rings. The molecule has 0 spiro atoms. The summed E-state index contributed by atoms with van der Waals surface area (Å²) in [6.07, 6.45) is 0. The van der Waals surface area contributed by atoms with Gasteiger partial charge in [-0.15, -0.1) is 0 Å². The predicted molar refractivity (Wildman–Crippen MR) is 56.4 cm³/mol. The summed E-state index contributed by atoms with van der Waals surface area (Å²) >= 11 is 1.82. The van der Waals surface area contributed by atoms with Crippen LogP contribution < -0.4 is 5.73 Å². The maximum Gasteiger partial charge on any atom is 0.117 e. The molecule has 3 heteroatoms. The number of benzene rings is 1. The summed E-state index contributed by atoms with van der Waals surface area (Å²) in [7, 11) is 0. The molecule has 0 unspecified atom stereocenters. The third kappa shape index (κ3) is 4.31. The lowest BCUT2D eigenvalue weighted by molar-refractivity contribution is -0.417. The maximum atomic E-state index is 8.76. The average Bonchev–Trinajstić information content (AvgIpc) is 2.19. The minimum Gasteiger partial charge on any atom is -0.390 e. The van der Waals surface area contributed by atoms with Crippen molar-refractivity contribution in [3.63, 3.8) is 0 Å². The average molecular weight is 198 g/mol. The summed E-state index contributed by atoms with van der Waals surface area (Å²) in [6, 6.07) is 10.5. The molecule has 0 aromatic heterocycles. The van der Waals surface area contributed by atoms with Crippen molar-refractivity contribution < 1.29 is 10.8 Å². The standard InChI is InChI=1S/C10H15NOS/c11-10(6-12)8-13-7-9-4-2-1-3-5-9/h1-5,10,12H,6-8,11H2/p+1/t10-/m1/s1. The maximum absolute atomic E-state index is 8.76. The number of hydrogen-bond acceptors (Lipinski definition) is 2. The zero-order valence-electron chi connectivity index (χ0n) is 7.65. The van der Waals surface area contributed by atoms with Gasteiger partial charge in [0.1, 0.15) is 6.04 Å². The van der Waals surface area contributed by atoms with Crippen molar-refractivity contribution in [2.75, 3.05) is 12.4 Å². The van der Waals surface area contributed by atoms with Gasteiger partial charge in [0.05, 0.1) is 6.61 Å². The number of aliphatic hydroxyl groups excluding tert-OH is 1. The Bertz CT molecular complexity index is 228. The second-order valence-corrected chi connectivity index (χ2v) is 4.08. The van der Waals surface area contributed by atoms with Gasteiger partial charge in [-0.1, -0.05) is 30.3 Å². The van der Waals surface area contributed by atoms with Crippen LogP contribution in [0, 0.1) is 0 Å². The monoisotopic (exact) mass is 198 g/mol. The van der Waals surface area contributed by atoms with Crippen LogP contribution in [0.3, 0.4) is 0 Å². The molecule has 0 saturated heterocycles. The predicted octanol–water partition coefficient (Wildman–Crippen LogP) is 0.523. The summed E-state index contributed by atoms with van der Waals surface area (Å²) in [4.78, 5) is 0. The van der Waals surface area contributed by atoms with Crippen molar-refractivity contribution >= 4 is 11.8 Å². The fourth-order valence-corrected chi connectivity index (χ4v) is 1.96. The van der Waals surface area contributed by atoms with Crippen molar-refractivity contribution in [3.05, 3.63) is 35.9 Å². The van der Waals surface area contributed by atoms with E-state index in [4.69, 9.17) is 5.11 Å². The van der Waals surface area contributed by atoms with E-state index < -0.39 is 0 Å². The molecule has 1 rings (SSSR count). The smallest absolute Gasteiger partial charge is 0.117 e. The fraction of sp³-hybridized carbons (Fsp3) is 0.400. The fourth-order valence-electron chi connectivity index (χ4n) is 0.970. The van der Waals surface area contributed by atoms with Crippen LogP contribution in [-0.2, 0) is 5.75 Å². The molecule has 0 bridgehead atoms. The Balaban J connectivity index is 2.20. The molecule has 0 saturated carbocycles. The van der Waals surface area contributed by atoms with Crippen molar-refractivity contribution in [3.8, 4) is 0 Å². The molecular formula is C10H16NOS+. The van der Waals surface area contributed by atoms with Crippen LogP contribution in [0.1, 0.15) is 5.56 Å². The van der Waals surface area contributed by atoms with Crippen LogP contribution in [0.4, 0.5) is 0 Å². The van der Waals surface area contributed by atoms with Gasteiger partial charge in [-0.05, 0) is 5.56 Å². The van der Waals surface area contributed by atoms with E-state index in [9.17, 15) is 0 Å². The molecule has 1 aromatic carbocycles. The SMILES string of the molecule is [NH3+][C@H](CO)CSCc1ccccc1. The summed E-state index contributed by atoms with van der Waals surface area (Å²) in [5, 5.41) is 8.76. The van der Waals surface area contributed by atoms with Gasteiger partial charge in [0.15, 0.2) is 0 Å². The van der Waals surface area contributed by atoms with E-state index in [1.54, 1.807) is 0 Å². The summed E-state index contributed by atoms with van der Waals surface area (Å²) in [5.74, 6) is 1.93. The number of thioether (sulfide) groups is 1. The minimum atomic E-state index is 0.161. The topological polar surface area (TPSA) is 47.9 Å². The zero-order valence-corrected chi connectivity index (χ0v) is 8.46. The van der Waals surface area contributed by atoms with Gasteiger partial charge in [0.25, 0.3) is 0 Å². The highest BCUT2D eigenvalue weighted by Crippen LogP contribution is 2.11. The van der Waals surface area contributed by atoms with E-state index in [-0.39, 0.29) is 12.6 Å². The quantitative estimate of drug-likeness (QED) is 0.725. The van der Waals surface area contributed by atoms with E-state index >= 15 is 0 Å². The Morgan fingerprint density at radius 2 is 2.00 bits per heavy atom. The van der Waals surface area contributed by atoms with Gasteiger partial charge >= 0.3 is 0 Å². The van der Waals surface area contributed by atoms with Gasteiger partial charge in [0, 0.05) is 11.5 Å². The van der Waals surface area contributed by atoms with Crippen LogP contribution in [0.5, 0.6) is 0 Å². The van der Waals surface area contributed by atoms with Crippen LogP contribution in [0.2, 0.25) is 0 Å². The van der Waals surface area contributed by atoms with Crippen LogP contribution in [-0.4, -0.2) is 23.5 Å². The van der Waals surface area contributed by atoms with Crippen molar-refractivity contribution in [1.29, 1.82) is 0 Å². The highest BCUT2D eigenvalue weighted by Gasteiger charge is 2.03. The molecule has 72 valence electrons. The zero-order chi connectivity index (χ0) is 9.52. The van der Waals surface area contributed by atoms with E-state index in [1.807, 2.05) is 30.0 Å². The highest BCUT2D eigenvalue weighted by molar-refractivity contribution is 7.98. The van der Waals surface area contributed by atoms with E-state index in [0.717, 1.165) is 11.5 Å². The lowest BCUT2D eigenvalue weighted by Crippen LogP contribution is -2.64. The van der Waals surface area contributed by atoms with Gasteiger partial charge in [-0.3, -0.25) is 0 Å². The Labute approximate surface area is 83.1 Å². The highest BCUT2D eigenvalue weighted by atomic mass is 32.2. The second kappa shape index (κ2) is 6.02. The van der Waals surface area contributed by atoms with Gasteiger partial charge in [-0.25, -0.2) is 0 Å². The minimum absolute atomic E-state index is 0.161. The summed E-state index contributed by atoms with van der Waals surface area (Å²) < 4.78 is 0. The Kier molecular flexibility index (Phi) is 4.90. The number of rotatable bonds is 5. The molecule has 0 aliphatic heterocycles. The Morgan fingerprint density at radius 1 is 1.31 bits per heavy atom. The molecule has 4 N–H and O–H groups in total. The Morgan fingerprint density at radius 3 is 2.62 bits per heavy atom. The summed E-state index contributed by atoms with van der Waals surface area (Å²) in [5.41, 5.74) is 5.15. The van der Waals surface area contributed by atoms with Crippen LogP contribution >= 0.6 is 11.8 Å². The normalized spacial score (nSPS) is 12.8. The van der Waals surface area contributed by atoms with Crippen LogP contribution in [0.15, 0.2) is 30.3 Å². The van der Waals surface area contributed by atoms with E-state index in [1.165, 1.54) is 5.56 Å². The van der Waals surface area contributed by atoms with Gasteiger partial charge in [-0.2, -0.15) is 11.8 Å². The number of hydrogen-bond donors (Lipinski definition) is 2. The lowest BCUT2D eigenvalue weighted by Gasteiger charge is -2.04. The second-order valence-electron chi connectivity index (χ2n) is 3.05. The lowest BCUT2D eigenvalue weighted by atomic mass is 10.2. The first-order valence-electron chi connectivity index (χ1n) is 4.38. The van der Waals surface area contributed by atoms with Gasteiger partial charge < -0.3 is 10.8 Å². The Hall–Kier alpha value is -0.510. The molecule has 13 heavy (non-hydrogen) atoms. The van der Waals surface area contributed by atoms with Crippen LogP contribution in [0.25, 0.3) is 0 Å². The number of quaternary nitrogens is 1. The molecule has 0 fully saturated rings. The first kappa shape index (κ1) is 10.6. The largest absolute Gasteiger partial charge is 0.390 e. The molecule has 0 amide bonds. The first-order valence-corrected chi connectivity index (χ1v) is 5.54. The van der Waals surface area contributed by atoms with Crippen molar-refractivity contribution in [2.24, 2.45) is 0 Å². The molecule has 0 heterocycles. The first-order chi connectivity index (χ1) is 6.33. The molecule has 0 radical (unpaired) electrons. The molecule has 2 nitrogen and oxygen atoms in total. The molecule has 0 aliphatic carbocycles. The third-order valence-electron chi connectivity index (χ3n) is 1.72. The van der Waals surface area contributed by atoms with E-state index in [0.29, 0.717) is 0 Å².